The van der Waals surface area contributed by atoms with Crippen molar-refractivity contribution >= 4 is 0 Å². The quantitative estimate of drug-likeness (QED) is 0.828. The van der Waals surface area contributed by atoms with E-state index in [1.807, 2.05) is 18.7 Å². The van der Waals surface area contributed by atoms with E-state index < -0.39 is 0 Å². The van der Waals surface area contributed by atoms with Crippen molar-refractivity contribution in [2.45, 2.75) is 52.1 Å². The Bertz CT molecular complexity index is 366. The van der Waals surface area contributed by atoms with E-state index in [9.17, 15) is 5.11 Å². The van der Waals surface area contributed by atoms with Crippen molar-refractivity contribution in [1.82, 2.24) is 9.78 Å². The average molecular weight is 222 g/mol. The van der Waals surface area contributed by atoms with Crippen LogP contribution in [0.25, 0.3) is 0 Å². The fourth-order valence-electron chi connectivity index (χ4n) is 2.29. The summed E-state index contributed by atoms with van der Waals surface area (Å²) in [6.45, 7) is 4.10. The van der Waals surface area contributed by atoms with Gasteiger partial charge in [0, 0.05) is 19.2 Å². The second-order valence-electron chi connectivity index (χ2n) is 5.15. The molecule has 0 radical (unpaired) electrons. The summed E-state index contributed by atoms with van der Waals surface area (Å²) >= 11 is 0. The van der Waals surface area contributed by atoms with Gasteiger partial charge in [-0.25, -0.2) is 0 Å². The van der Waals surface area contributed by atoms with Crippen molar-refractivity contribution in [2.24, 2.45) is 13.0 Å². The molecule has 16 heavy (non-hydrogen) atoms. The molecule has 0 aromatic carbocycles. The standard InChI is InChI=1S/C13H22N2O/c1-9-13(10(2)15(3)14-9)8-12(16)7-6-11-4-5-11/h11-12,16H,4-8H2,1-3H3. The number of aromatic nitrogens is 2. The Morgan fingerprint density at radius 3 is 2.62 bits per heavy atom. The highest BCUT2D eigenvalue weighted by Gasteiger charge is 2.22. The molecule has 0 saturated heterocycles. The summed E-state index contributed by atoms with van der Waals surface area (Å²) in [7, 11) is 1.96. The van der Waals surface area contributed by atoms with Gasteiger partial charge >= 0.3 is 0 Å². The first-order valence-corrected chi connectivity index (χ1v) is 6.25. The molecule has 3 nitrogen and oxygen atoms in total. The summed E-state index contributed by atoms with van der Waals surface area (Å²) in [6.07, 6.45) is 5.45. The average Bonchev–Trinajstić information content (AvgIpc) is 3.01. The summed E-state index contributed by atoms with van der Waals surface area (Å²) < 4.78 is 1.90. The molecule has 90 valence electrons. The number of nitrogens with zero attached hydrogens (tertiary/aromatic N) is 2. The number of hydrogen-bond donors (Lipinski definition) is 1. The lowest BCUT2D eigenvalue weighted by atomic mass is 10.0. The molecule has 0 aliphatic heterocycles. The van der Waals surface area contributed by atoms with Gasteiger partial charge in [-0.3, -0.25) is 4.68 Å². The van der Waals surface area contributed by atoms with Crippen LogP contribution in [0.5, 0.6) is 0 Å². The van der Waals surface area contributed by atoms with E-state index in [-0.39, 0.29) is 6.10 Å². The van der Waals surface area contributed by atoms with E-state index in [1.165, 1.54) is 30.5 Å². The third-order valence-corrected chi connectivity index (χ3v) is 3.70. The van der Waals surface area contributed by atoms with Crippen molar-refractivity contribution in [3.8, 4) is 0 Å². The van der Waals surface area contributed by atoms with Crippen molar-refractivity contribution in [1.29, 1.82) is 0 Å². The van der Waals surface area contributed by atoms with Crippen molar-refractivity contribution in [3.05, 3.63) is 17.0 Å². The molecular weight excluding hydrogens is 200 g/mol. The third kappa shape index (κ3) is 2.64. The lowest BCUT2D eigenvalue weighted by Crippen LogP contribution is -2.12. The summed E-state index contributed by atoms with van der Waals surface area (Å²) in [5.74, 6) is 0.908. The Morgan fingerprint density at radius 1 is 1.44 bits per heavy atom. The summed E-state index contributed by atoms with van der Waals surface area (Å²) in [5, 5.41) is 14.4. The van der Waals surface area contributed by atoms with Crippen LogP contribution in [0.3, 0.4) is 0 Å². The van der Waals surface area contributed by atoms with Crippen molar-refractivity contribution < 1.29 is 5.11 Å². The first-order valence-electron chi connectivity index (χ1n) is 6.25. The molecule has 1 aromatic heterocycles. The summed E-state index contributed by atoms with van der Waals surface area (Å²) in [4.78, 5) is 0. The van der Waals surface area contributed by atoms with E-state index in [2.05, 4.69) is 12.0 Å². The smallest absolute Gasteiger partial charge is 0.0629 e. The third-order valence-electron chi connectivity index (χ3n) is 3.70. The van der Waals surface area contributed by atoms with Gasteiger partial charge in [-0.05, 0) is 38.2 Å². The number of aryl methyl sites for hydroxylation is 2. The minimum absolute atomic E-state index is 0.192. The molecule has 0 amide bonds. The van der Waals surface area contributed by atoms with Crippen LogP contribution in [-0.2, 0) is 13.5 Å². The van der Waals surface area contributed by atoms with Gasteiger partial charge in [0.2, 0.25) is 0 Å². The molecule has 2 rings (SSSR count). The van der Waals surface area contributed by atoms with Crippen LogP contribution in [-0.4, -0.2) is 21.0 Å². The van der Waals surface area contributed by atoms with E-state index in [1.54, 1.807) is 0 Å². The SMILES string of the molecule is Cc1nn(C)c(C)c1CC(O)CCC1CC1. The maximum atomic E-state index is 10.0. The van der Waals surface area contributed by atoms with Crippen LogP contribution in [0.1, 0.15) is 42.6 Å². The highest BCUT2D eigenvalue weighted by molar-refractivity contribution is 5.24. The molecule has 1 aliphatic rings. The zero-order chi connectivity index (χ0) is 11.7. The van der Waals surface area contributed by atoms with Gasteiger partial charge in [0.1, 0.15) is 0 Å². The van der Waals surface area contributed by atoms with Gasteiger partial charge in [0.15, 0.2) is 0 Å². The summed E-state index contributed by atoms with van der Waals surface area (Å²) in [6, 6.07) is 0. The maximum Gasteiger partial charge on any atom is 0.0629 e. The molecule has 1 fully saturated rings. The number of hydrogen-bond acceptors (Lipinski definition) is 2. The molecular formula is C13H22N2O. The van der Waals surface area contributed by atoms with E-state index in [4.69, 9.17) is 0 Å². The second kappa shape index (κ2) is 4.58. The highest BCUT2D eigenvalue weighted by Crippen LogP contribution is 2.34. The van der Waals surface area contributed by atoms with E-state index in [0.29, 0.717) is 0 Å². The predicted molar refractivity (Wildman–Crippen MR) is 64.4 cm³/mol. The normalized spacial score (nSPS) is 17.8. The first kappa shape index (κ1) is 11.6. The fraction of sp³-hybridized carbons (Fsp3) is 0.769. The molecule has 0 spiro atoms. The summed E-state index contributed by atoms with van der Waals surface area (Å²) in [5.41, 5.74) is 3.47. The van der Waals surface area contributed by atoms with Gasteiger partial charge in [-0.1, -0.05) is 12.8 Å². The van der Waals surface area contributed by atoms with E-state index in [0.717, 1.165) is 24.5 Å². The predicted octanol–water partition coefficient (Wildman–Crippen LogP) is 2.13. The van der Waals surface area contributed by atoms with Crippen molar-refractivity contribution in [2.75, 3.05) is 0 Å². The monoisotopic (exact) mass is 222 g/mol. The topological polar surface area (TPSA) is 38.0 Å². The number of rotatable bonds is 5. The zero-order valence-electron chi connectivity index (χ0n) is 10.5. The zero-order valence-corrected chi connectivity index (χ0v) is 10.5. The van der Waals surface area contributed by atoms with Crippen LogP contribution in [0.2, 0.25) is 0 Å². The Kier molecular flexibility index (Phi) is 3.33. The molecule has 3 heteroatoms. The van der Waals surface area contributed by atoms with Crippen LogP contribution in [0.15, 0.2) is 0 Å². The number of aliphatic hydroxyl groups is 1. The van der Waals surface area contributed by atoms with Gasteiger partial charge in [-0.15, -0.1) is 0 Å². The Labute approximate surface area is 97.5 Å². The molecule has 1 aromatic rings. The largest absolute Gasteiger partial charge is 0.393 e. The minimum Gasteiger partial charge on any atom is -0.393 e. The van der Waals surface area contributed by atoms with Gasteiger partial charge in [-0.2, -0.15) is 5.10 Å². The lowest BCUT2D eigenvalue weighted by molar-refractivity contribution is 0.159. The molecule has 1 unspecified atom stereocenters. The highest BCUT2D eigenvalue weighted by atomic mass is 16.3. The molecule has 1 atom stereocenters. The molecule has 1 aliphatic carbocycles. The molecule has 0 bridgehead atoms. The minimum atomic E-state index is -0.192. The molecule has 1 N–H and O–H groups in total. The maximum absolute atomic E-state index is 10.0. The van der Waals surface area contributed by atoms with Gasteiger partial charge < -0.3 is 5.11 Å². The van der Waals surface area contributed by atoms with Gasteiger partial charge in [0.05, 0.1) is 11.8 Å². The molecule has 1 saturated carbocycles. The Hall–Kier alpha value is -0.830. The lowest BCUT2D eigenvalue weighted by Gasteiger charge is -2.10. The second-order valence-corrected chi connectivity index (χ2v) is 5.15. The van der Waals surface area contributed by atoms with Crippen LogP contribution < -0.4 is 0 Å². The van der Waals surface area contributed by atoms with Crippen LogP contribution in [0, 0.1) is 19.8 Å². The Balaban J connectivity index is 1.91. The van der Waals surface area contributed by atoms with Crippen LogP contribution in [0.4, 0.5) is 0 Å². The van der Waals surface area contributed by atoms with E-state index >= 15 is 0 Å². The van der Waals surface area contributed by atoms with Crippen LogP contribution >= 0.6 is 0 Å². The fourth-order valence-corrected chi connectivity index (χ4v) is 2.29. The first-order chi connectivity index (χ1) is 7.58. The molecule has 1 heterocycles. The van der Waals surface area contributed by atoms with Gasteiger partial charge in [0.25, 0.3) is 0 Å². The Morgan fingerprint density at radius 2 is 2.12 bits per heavy atom. The van der Waals surface area contributed by atoms with Crippen molar-refractivity contribution in [3.63, 3.8) is 0 Å². The number of aliphatic hydroxyl groups excluding tert-OH is 1.